The molecule has 3 aromatic heterocycles. The van der Waals surface area contributed by atoms with Crippen LogP contribution >= 0.6 is 0 Å². The maximum absolute atomic E-state index is 12.3. The van der Waals surface area contributed by atoms with Gasteiger partial charge in [-0.15, -0.1) is 0 Å². The van der Waals surface area contributed by atoms with Gasteiger partial charge in [-0.2, -0.15) is 0 Å². The molecule has 5 heterocycles. The summed E-state index contributed by atoms with van der Waals surface area (Å²) in [5.41, 5.74) is 11.7. The molecular formula is C38H33N5O3. The van der Waals surface area contributed by atoms with E-state index in [2.05, 4.69) is 21.4 Å². The van der Waals surface area contributed by atoms with Gasteiger partial charge in [-0.1, -0.05) is 36.4 Å². The number of H-pyrrole nitrogens is 2. The molecule has 0 saturated carbocycles. The van der Waals surface area contributed by atoms with Crippen molar-refractivity contribution in [2.45, 2.75) is 33.0 Å². The van der Waals surface area contributed by atoms with Crippen molar-refractivity contribution in [3.8, 4) is 22.3 Å². The van der Waals surface area contributed by atoms with Crippen molar-refractivity contribution in [2.24, 2.45) is 0 Å². The van der Waals surface area contributed by atoms with Crippen LogP contribution in [0.4, 0.5) is 10.5 Å². The van der Waals surface area contributed by atoms with Crippen LogP contribution in [-0.4, -0.2) is 36.7 Å². The minimum absolute atomic E-state index is 0.00646. The van der Waals surface area contributed by atoms with Gasteiger partial charge in [0, 0.05) is 38.9 Å². The predicted molar refractivity (Wildman–Crippen MR) is 186 cm³/mol. The maximum Gasteiger partial charge on any atom is 0.412 e. The lowest BCUT2D eigenvalue weighted by Crippen LogP contribution is -2.27. The quantitative estimate of drug-likeness (QED) is 0.160. The summed E-state index contributed by atoms with van der Waals surface area (Å²) in [6, 6.07) is 27.8. The second-order valence-electron chi connectivity index (χ2n) is 12.3. The van der Waals surface area contributed by atoms with E-state index in [-0.39, 0.29) is 6.61 Å². The van der Waals surface area contributed by atoms with Crippen molar-refractivity contribution in [2.75, 3.05) is 5.32 Å². The van der Waals surface area contributed by atoms with Gasteiger partial charge in [0.2, 0.25) is 0 Å². The Morgan fingerprint density at radius 2 is 1.22 bits per heavy atom. The topological polar surface area (TPSA) is 116 Å². The summed E-state index contributed by atoms with van der Waals surface area (Å²) in [7, 11) is 0. The number of aromatic amines is 2. The highest BCUT2D eigenvalue weighted by atomic mass is 16.6. The van der Waals surface area contributed by atoms with Crippen LogP contribution in [0.1, 0.15) is 49.1 Å². The van der Waals surface area contributed by atoms with Crippen molar-refractivity contribution in [3.05, 3.63) is 113 Å². The van der Waals surface area contributed by atoms with Crippen LogP contribution in [0.25, 0.3) is 68.6 Å². The highest BCUT2D eigenvalue weighted by Crippen LogP contribution is 2.33. The molecule has 46 heavy (non-hydrogen) atoms. The van der Waals surface area contributed by atoms with Crippen LogP contribution in [0.2, 0.25) is 0 Å². The summed E-state index contributed by atoms with van der Waals surface area (Å²) >= 11 is 0. The third-order valence-electron chi connectivity index (χ3n) is 7.64. The molecule has 0 aliphatic carbocycles. The van der Waals surface area contributed by atoms with Crippen LogP contribution in [-0.2, 0) is 11.3 Å². The highest BCUT2D eigenvalue weighted by Gasteiger charge is 2.17. The van der Waals surface area contributed by atoms with E-state index in [1.54, 1.807) is 0 Å². The molecular weight excluding hydrogens is 574 g/mol. The minimum Gasteiger partial charge on any atom is -0.444 e. The van der Waals surface area contributed by atoms with E-state index in [1.807, 2.05) is 124 Å². The maximum atomic E-state index is 12.3. The molecule has 7 rings (SSSR count). The Hall–Kier alpha value is -5.73. The summed E-state index contributed by atoms with van der Waals surface area (Å²) in [5, 5.41) is 12.4. The molecule has 4 N–H and O–H groups in total. The van der Waals surface area contributed by atoms with Crippen LogP contribution in [0, 0.1) is 0 Å². The van der Waals surface area contributed by atoms with Crippen LogP contribution in [0.5, 0.6) is 0 Å². The first-order valence-corrected chi connectivity index (χ1v) is 15.1. The van der Waals surface area contributed by atoms with Crippen molar-refractivity contribution in [1.82, 2.24) is 19.9 Å². The average molecular weight is 608 g/mol. The lowest BCUT2D eigenvalue weighted by atomic mass is 10.0. The molecule has 1 amide bonds. The molecule has 0 atom stereocenters. The van der Waals surface area contributed by atoms with Crippen LogP contribution in [0.3, 0.4) is 0 Å². The van der Waals surface area contributed by atoms with Crippen molar-refractivity contribution < 1.29 is 14.6 Å². The molecule has 0 spiro atoms. The van der Waals surface area contributed by atoms with Gasteiger partial charge >= 0.3 is 6.09 Å². The number of nitrogens with one attached hydrogen (secondary N) is 3. The summed E-state index contributed by atoms with van der Waals surface area (Å²) < 4.78 is 5.40. The Morgan fingerprint density at radius 1 is 0.717 bits per heavy atom. The van der Waals surface area contributed by atoms with Gasteiger partial charge in [0.25, 0.3) is 0 Å². The smallest absolute Gasteiger partial charge is 0.412 e. The lowest BCUT2D eigenvalue weighted by molar-refractivity contribution is 0.0636. The third-order valence-corrected chi connectivity index (χ3v) is 7.64. The first-order valence-electron chi connectivity index (χ1n) is 15.1. The van der Waals surface area contributed by atoms with Gasteiger partial charge in [-0.05, 0) is 110 Å². The Kier molecular flexibility index (Phi) is 7.34. The van der Waals surface area contributed by atoms with Gasteiger partial charge in [0.15, 0.2) is 0 Å². The fraction of sp³-hybridized carbons (Fsp3) is 0.132. The second kappa shape index (κ2) is 11.6. The Balaban J connectivity index is 1.38. The molecule has 8 heteroatoms. The third kappa shape index (κ3) is 6.11. The fourth-order valence-corrected chi connectivity index (χ4v) is 5.60. The normalized spacial score (nSPS) is 12.3. The van der Waals surface area contributed by atoms with Gasteiger partial charge < -0.3 is 19.8 Å². The van der Waals surface area contributed by atoms with Gasteiger partial charge in [-0.3, -0.25) is 5.32 Å². The van der Waals surface area contributed by atoms with E-state index < -0.39 is 11.7 Å². The number of rotatable bonds is 4. The van der Waals surface area contributed by atoms with Crippen molar-refractivity contribution >= 4 is 58.2 Å². The van der Waals surface area contributed by atoms with E-state index in [9.17, 15) is 9.90 Å². The largest absolute Gasteiger partial charge is 0.444 e. The van der Waals surface area contributed by atoms with Gasteiger partial charge in [0.05, 0.1) is 29.4 Å². The Bertz CT molecular complexity index is 2180. The number of benzene rings is 2. The van der Waals surface area contributed by atoms with Gasteiger partial charge in [0.1, 0.15) is 5.60 Å². The van der Waals surface area contributed by atoms with Crippen molar-refractivity contribution in [1.29, 1.82) is 0 Å². The molecule has 2 aliphatic rings. The summed E-state index contributed by atoms with van der Waals surface area (Å²) in [6.45, 7) is 5.49. The summed E-state index contributed by atoms with van der Waals surface area (Å²) in [5.74, 6) is 0. The van der Waals surface area contributed by atoms with Crippen LogP contribution < -0.4 is 5.32 Å². The molecule has 228 valence electrons. The van der Waals surface area contributed by atoms with Crippen molar-refractivity contribution in [3.63, 3.8) is 0 Å². The molecule has 8 bridgehead atoms. The summed E-state index contributed by atoms with van der Waals surface area (Å²) in [6.07, 6.45) is 7.57. The number of aromatic nitrogens is 4. The number of amides is 1. The first kappa shape index (κ1) is 29.0. The second-order valence-corrected chi connectivity index (χ2v) is 12.3. The Labute approximate surface area is 266 Å². The lowest BCUT2D eigenvalue weighted by Gasteiger charge is -2.19. The predicted octanol–water partition coefficient (Wildman–Crippen LogP) is 8.83. The van der Waals surface area contributed by atoms with E-state index in [0.717, 1.165) is 72.7 Å². The number of anilines is 1. The zero-order valence-electron chi connectivity index (χ0n) is 25.8. The number of aliphatic hydroxyl groups is 1. The number of ether oxygens (including phenoxy) is 1. The molecule has 0 saturated heterocycles. The van der Waals surface area contributed by atoms with E-state index in [4.69, 9.17) is 14.7 Å². The number of hydrogen-bond acceptors (Lipinski definition) is 5. The number of hydrogen-bond donors (Lipinski definition) is 4. The standard InChI is InChI=1S/C38H33N5O3/c1-38(2,3)46-37(45)43-26-10-8-25(9-11-26)36-33-18-14-29(41-33)20-27-12-16-31(39-27)35(24-6-4-23(22-44)5-7-24)32-17-13-28(40-32)21-30-15-19-34(36)42-30/h4-21,39,42,44H,22H2,1-3H3,(H,43,45). The monoisotopic (exact) mass is 607 g/mol. The molecule has 8 nitrogen and oxygen atoms in total. The summed E-state index contributed by atoms with van der Waals surface area (Å²) in [4.78, 5) is 29.4. The number of carbonyl (C=O) groups excluding carboxylic acids is 1. The molecule has 5 aromatic rings. The van der Waals surface area contributed by atoms with E-state index >= 15 is 0 Å². The molecule has 0 fully saturated rings. The minimum atomic E-state index is -0.584. The van der Waals surface area contributed by atoms with Crippen LogP contribution in [0.15, 0.2) is 84.9 Å². The molecule has 0 unspecified atom stereocenters. The SMILES string of the molecule is CC(C)(C)OC(=O)Nc1ccc(-c2c3nc(cc4ccc([nH]4)c(-c4ccc(CO)cc4)c4nc(cc5ccc2[nH]5)C=C4)C=C3)cc1. The molecule has 2 aromatic carbocycles. The fourth-order valence-electron chi connectivity index (χ4n) is 5.60. The average Bonchev–Trinajstić information content (AvgIpc) is 3.84. The zero-order valence-corrected chi connectivity index (χ0v) is 25.8. The van der Waals surface area contributed by atoms with E-state index in [1.165, 1.54) is 0 Å². The zero-order chi connectivity index (χ0) is 31.8. The molecule has 0 radical (unpaired) electrons. The Morgan fingerprint density at radius 3 is 1.70 bits per heavy atom. The number of carbonyl (C=O) groups is 1. The number of aliphatic hydroxyl groups excluding tert-OH is 1. The number of fused-ring (bicyclic) bond motifs is 8. The number of nitrogens with zero attached hydrogens (tertiary/aromatic N) is 2. The first-order chi connectivity index (χ1) is 22.2. The molecule has 2 aliphatic heterocycles. The van der Waals surface area contributed by atoms with Gasteiger partial charge in [-0.25, -0.2) is 14.8 Å². The van der Waals surface area contributed by atoms with E-state index in [0.29, 0.717) is 5.69 Å². The highest BCUT2D eigenvalue weighted by molar-refractivity contribution is 5.93.